The van der Waals surface area contributed by atoms with Crippen LogP contribution < -0.4 is 0 Å². The maximum Gasteiger partial charge on any atom is 0.417 e. The predicted octanol–water partition coefficient (Wildman–Crippen LogP) is 4.45. The Kier molecular flexibility index (Phi) is 3.88. The second-order valence-electron chi connectivity index (χ2n) is 4.56. The number of hydrogen-bond acceptors (Lipinski definition) is 3. The van der Waals surface area contributed by atoms with E-state index < -0.39 is 17.6 Å². The fourth-order valence-electron chi connectivity index (χ4n) is 1.87. The van der Waals surface area contributed by atoms with Crippen molar-refractivity contribution in [1.29, 1.82) is 0 Å². The standard InChI is InChI=1S/C14H7BrF4N4/c15-8-2-3-9(10(16)5-8)12-21-13(23-22-12)11-4-1-7(6-20-11)14(17,18)19/h1-6H,(H,21,22,23). The van der Waals surface area contributed by atoms with Crippen LogP contribution in [0.1, 0.15) is 5.56 Å². The van der Waals surface area contributed by atoms with Gasteiger partial charge in [-0.3, -0.25) is 10.1 Å². The van der Waals surface area contributed by atoms with E-state index in [0.29, 0.717) is 10.7 Å². The van der Waals surface area contributed by atoms with Gasteiger partial charge in [0.05, 0.1) is 11.1 Å². The van der Waals surface area contributed by atoms with Gasteiger partial charge in [0, 0.05) is 10.7 Å². The average molecular weight is 387 g/mol. The summed E-state index contributed by atoms with van der Waals surface area (Å²) in [4.78, 5) is 7.77. The molecule has 3 aromatic rings. The molecule has 0 amide bonds. The zero-order valence-corrected chi connectivity index (χ0v) is 12.8. The summed E-state index contributed by atoms with van der Waals surface area (Å²) in [5.74, 6) is -0.284. The van der Waals surface area contributed by atoms with Crippen molar-refractivity contribution in [1.82, 2.24) is 20.2 Å². The zero-order valence-electron chi connectivity index (χ0n) is 11.2. The molecular weight excluding hydrogens is 380 g/mol. The molecule has 0 fully saturated rings. The summed E-state index contributed by atoms with van der Waals surface area (Å²) in [6, 6.07) is 6.45. The van der Waals surface area contributed by atoms with E-state index >= 15 is 0 Å². The topological polar surface area (TPSA) is 54.5 Å². The molecule has 0 aliphatic rings. The zero-order chi connectivity index (χ0) is 16.6. The quantitative estimate of drug-likeness (QED) is 0.661. The Morgan fingerprint density at radius 1 is 1.09 bits per heavy atom. The van der Waals surface area contributed by atoms with Crippen LogP contribution in [0.25, 0.3) is 22.9 Å². The maximum atomic E-state index is 13.9. The fourth-order valence-corrected chi connectivity index (χ4v) is 2.20. The van der Waals surface area contributed by atoms with Crippen LogP contribution in [0.3, 0.4) is 0 Å². The molecule has 0 atom stereocenters. The molecule has 23 heavy (non-hydrogen) atoms. The Hall–Kier alpha value is -2.29. The highest BCUT2D eigenvalue weighted by Gasteiger charge is 2.30. The summed E-state index contributed by atoms with van der Waals surface area (Å²) in [7, 11) is 0. The van der Waals surface area contributed by atoms with E-state index in [4.69, 9.17) is 0 Å². The van der Waals surface area contributed by atoms with Crippen molar-refractivity contribution in [2.45, 2.75) is 6.18 Å². The first-order valence-electron chi connectivity index (χ1n) is 6.26. The highest BCUT2D eigenvalue weighted by atomic mass is 79.9. The fraction of sp³-hybridized carbons (Fsp3) is 0.0714. The molecule has 0 unspecified atom stereocenters. The van der Waals surface area contributed by atoms with E-state index in [2.05, 4.69) is 36.1 Å². The third-order valence-corrected chi connectivity index (χ3v) is 3.48. The Labute approximate surface area is 135 Å². The van der Waals surface area contributed by atoms with E-state index in [1.807, 2.05) is 0 Å². The van der Waals surface area contributed by atoms with Crippen molar-refractivity contribution in [3.63, 3.8) is 0 Å². The van der Waals surface area contributed by atoms with Crippen LogP contribution in [0.4, 0.5) is 17.6 Å². The first-order valence-corrected chi connectivity index (χ1v) is 7.05. The van der Waals surface area contributed by atoms with Gasteiger partial charge in [0.2, 0.25) is 0 Å². The lowest BCUT2D eigenvalue weighted by Gasteiger charge is -2.05. The molecule has 1 aromatic carbocycles. The lowest BCUT2D eigenvalue weighted by atomic mass is 10.2. The summed E-state index contributed by atoms with van der Waals surface area (Å²) in [6.45, 7) is 0. The molecule has 0 aliphatic heterocycles. The van der Waals surface area contributed by atoms with Crippen LogP contribution in [-0.2, 0) is 6.18 Å². The smallest absolute Gasteiger partial charge is 0.257 e. The van der Waals surface area contributed by atoms with Gasteiger partial charge in [-0.05, 0) is 30.3 Å². The Bertz CT molecular complexity index is 843. The molecule has 0 aliphatic carbocycles. The first-order chi connectivity index (χ1) is 10.8. The van der Waals surface area contributed by atoms with E-state index in [1.165, 1.54) is 18.2 Å². The summed E-state index contributed by atoms with van der Waals surface area (Å²) in [6.07, 6.45) is -3.75. The van der Waals surface area contributed by atoms with E-state index in [1.54, 1.807) is 6.07 Å². The minimum atomic E-state index is -4.46. The molecule has 2 aromatic heterocycles. The van der Waals surface area contributed by atoms with Crippen LogP contribution >= 0.6 is 15.9 Å². The van der Waals surface area contributed by atoms with Gasteiger partial charge in [-0.2, -0.15) is 18.3 Å². The summed E-state index contributed by atoms with van der Waals surface area (Å²) in [5.41, 5.74) is -0.517. The lowest BCUT2D eigenvalue weighted by Crippen LogP contribution is -2.05. The van der Waals surface area contributed by atoms with Crippen molar-refractivity contribution in [3.05, 3.63) is 52.4 Å². The van der Waals surface area contributed by atoms with Crippen LogP contribution in [0, 0.1) is 5.82 Å². The van der Waals surface area contributed by atoms with Crippen LogP contribution in [0.5, 0.6) is 0 Å². The van der Waals surface area contributed by atoms with Crippen molar-refractivity contribution in [2.24, 2.45) is 0 Å². The number of benzene rings is 1. The molecule has 2 heterocycles. The molecule has 0 saturated heterocycles. The Morgan fingerprint density at radius 3 is 2.48 bits per heavy atom. The Balaban J connectivity index is 1.93. The van der Waals surface area contributed by atoms with Crippen LogP contribution in [0.15, 0.2) is 41.0 Å². The molecule has 0 spiro atoms. The third kappa shape index (κ3) is 3.24. The molecule has 1 N–H and O–H groups in total. The first kappa shape index (κ1) is 15.6. The highest BCUT2D eigenvalue weighted by Crippen LogP contribution is 2.29. The van der Waals surface area contributed by atoms with Gasteiger partial charge in [-0.15, -0.1) is 0 Å². The second kappa shape index (κ2) is 5.73. The SMILES string of the molecule is Fc1cc(Br)ccc1-c1n[nH]c(-c2ccc(C(F)(F)F)cn2)n1. The Morgan fingerprint density at radius 2 is 1.87 bits per heavy atom. The monoisotopic (exact) mass is 386 g/mol. The minimum absolute atomic E-state index is 0.0895. The second-order valence-corrected chi connectivity index (χ2v) is 5.48. The van der Waals surface area contributed by atoms with Gasteiger partial charge >= 0.3 is 6.18 Å². The van der Waals surface area contributed by atoms with Gasteiger partial charge < -0.3 is 0 Å². The number of H-pyrrole nitrogens is 1. The molecule has 0 saturated carbocycles. The molecule has 118 valence electrons. The normalized spacial score (nSPS) is 11.7. The number of aromatic amines is 1. The molecule has 0 bridgehead atoms. The van der Waals surface area contributed by atoms with Crippen LogP contribution in [0.2, 0.25) is 0 Å². The molecular formula is C14H7BrF4N4. The molecule has 0 radical (unpaired) electrons. The van der Waals surface area contributed by atoms with Gasteiger partial charge in [-0.25, -0.2) is 9.37 Å². The number of halogens is 5. The number of pyridine rings is 1. The van der Waals surface area contributed by atoms with E-state index in [0.717, 1.165) is 6.07 Å². The highest BCUT2D eigenvalue weighted by molar-refractivity contribution is 9.10. The predicted molar refractivity (Wildman–Crippen MR) is 77.7 cm³/mol. The van der Waals surface area contributed by atoms with Gasteiger partial charge in [0.15, 0.2) is 11.6 Å². The molecule has 9 heteroatoms. The number of alkyl halides is 3. The number of hydrogen-bond donors (Lipinski definition) is 1. The van der Waals surface area contributed by atoms with E-state index in [9.17, 15) is 17.6 Å². The number of rotatable bonds is 2. The van der Waals surface area contributed by atoms with Gasteiger partial charge in [0.1, 0.15) is 11.5 Å². The molecule has 3 rings (SSSR count). The van der Waals surface area contributed by atoms with Gasteiger partial charge in [0.25, 0.3) is 0 Å². The van der Waals surface area contributed by atoms with Crippen molar-refractivity contribution in [2.75, 3.05) is 0 Å². The van der Waals surface area contributed by atoms with E-state index in [-0.39, 0.29) is 22.9 Å². The number of nitrogens with one attached hydrogen (secondary N) is 1. The minimum Gasteiger partial charge on any atom is -0.257 e. The third-order valence-electron chi connectivity index (χ3n) is 2.99. The molecule has 4 nitrogen and oxygen atoms in total. The number of aromatic nitrogens is 4. The summed E-state index contributed by atoms with van der Waals surface area (Å²) in [5, 5.41) is 6.41. The maximum absolute atomic E-state index is 13.9. The lowest BCUT2D eigenvalue weighted by molar-refractivity contribution is -0.137. The van der Waals surface area contributed by atoms with Crippen molar-refractivity contribution >= 4 is 15.9 Å². The van der Waals surface area contributed by atoms with Crippen molar-refractivity contribution in [3.8, 4) is 22.9 Å². The largest absolute Gasteiger partial charge is 0.417 e. The van der Waals surface area contributed by atoms with Crippen LogP contribution in [-0.4, -0.2) is 20.2 Å². The average Bonchev–Trinajstić information content (AvgIpc) is 2.96. The summed E-state index contributed by atoms with van der Waals surface area (Å²) >= 11 is 3.14. The summed E-state index contributed by atoms with van der Waals surface area (Å²) < 4.78 is 51.9. The van der Waals surface area contributed by atoms with Gasteiger partial charge in [-0.1, -0.05) is 15.9 Å². The number of nitrogens with zero attached hydrogens (tertiary/aromatic N) is 3. The van der Waals surface area contributed by atoms with Crippen molar-refractivity contribution < 1.29 is 17.6 Å².